The summed E-state index contributed by atoms with van der Waals surface area (Å²) in [5.41, 5.74) is 1.17. The van der Waals surface area contributed by atoms with Gasteiger partial charge < -0.3 is 0 Å². The van der Waals surface area contributed by atoms with Crippen molar-refractivity contribution in [3.63, 3.8) is 0 Å². The molecule has 4 nitrogen and oxygen atoms in total. The van der Waals surface area contributed by atoms with Crippen LogP contribution < -0.4 is 0 Å². The Morgan fingerprint density at radius 1 is 1.33 bits per heavy atom. The van der Waals surface area contributed by atoms with Crippen molar-refractivity contribution < 1.29 is 0 Å². The molecule has 0 bridgehead atoms. The van der Waals surface area contributed by atoms with E-state index in [1.54, 1.807) is 17.7 Å². The van der Waals surface area contributed by atoms with Crippen LogP contribution in [-0.4, -0.2) is 32.9 Å². The Labute approximate surface area is 111 Å². The summed E-state index contributed by atoms with van der Waals surface area (Å²) in [5.74, 6) is 0.543. The van der Waals surface area contributed by atoms with E-state index >= 15 is 0 Å². The maximum Gasteiger partial charge on any atom is 0.115 e. The van der Waals surface area contributed by atoms with E-state index in [1.165, 1.54) is 30.1 Å². The summed E-state index contributed by atoms with van der Waals surface area (Å²) in [7, 11) is 0. The minimum atomic E-state index is 0.543. The number of thiazole rings is 1. The lowest BCUT2D eigenvalue weighted by Gasteiger charge is -2.31. The van der Waals surface area contributed by atoms with Crippen LogP contribution in [0.5, 0.6) is 0 Å². The molecule has 3 rings (SSSR count). The highest BCUT2D eigenvalue weighted by Gasteiger charge is 2.22. The number of hydrogen-bond acceptors (Lipinski definition) is 5. The third kappa shape index (κ3) is 2.73. The van der Waals surface area contributed by atoms with E-state index in [0.29, 0.717) is 5.92 Å². The molecule has 5 heteroatoms. The molecule has 3 heterocycles. The Hall–Kier alpha value is -1.33. The highest BCUT2D eigenvalue weighted by atomic mass is 32.1. The number of hydrogen-bond donors (Lipinski definition) is 0. The number of nitrogens with zero attached hydrogens (tertiary/aromatic N) is 4. The predicted molar refractivity (Wildman–Crippen MR) is 71.4 cm³/mol. The van der Waals surface area contributed by atoms with Gasteiger partial charge in [0.15, 0.2) is 0 Å². The van der Waals surface area contributed by atoms with Crippen LogP contribution in [0.3, 0.4) is 0 Å². The van der Waals surface area contributed by atoms with Gasteiger partial charge in [0.1, 0.15) is 11.3 Å². The first-order valence-corrected chi connectivity index (χ1v) is 7.16. The van der Waals surface area contributed by atoms with Crippen molar-refractivity contribution in [2.45, 2.75) is 25.3 Å². The zero-order valence-electron chi connectivity index (χ0n) is 10.2. The van der Waals surface area contributed by atoms with Gasteiger partial charge in [0.25, 0.3) is 0 Å². The molecule has 1 atom stereocenters. The maximum absolute atomic E-state index is 4.38. The third-order valence-corrected chi connectivity index (χ3v) is 4.14. The molecule has 2 aromatic rings. The smallest absolute Gasteiger partial charge is 0.115 e. The minimum Gasteiger partial charge on any atom is -0.296 e. The summed E-state index contributed by atoms with van der Waals surface area (Å²) >= 11 is 1.74. The maximum atomic E-state index is 4.38. The fourth-order valence-corrected chi connectivity index (χ4v) is 3.16. The van der Waals surface area contributed by atoms with Crippen molar-refractivity contribution in [1.82, 2.24) is 19.9 Å². The first kappa shape index (κ1) is 11.7. The van der Waals surface area contributed by atoms with Gasteiger partial charge in [-0.2, -0.15) is 0 Å². The molecule has 1 saturated heterocycles. The van der Waals surface area contributed by atoms with Crippen LogP contribution in [0.15, 0.2) is 30.2 Å². The highest BCUT2D eigenvalue weighted by molar-refractivity contribution is 7.09. The lowest BCUT2D eigenvalue weighted by Crippen LogP contribution is -2.34. The van der Waals surface area contributed by atoms with E-state index in [4.69, 9.17) is 0 Å². The van der Waals surface area contributed by atoms with Crippen LogP contribution in [-0.2, 0) is 6.54 Å². The third-order valence-electron chi connectivity index (χ3n) is 3.37. The Bertz CT molecular complexity index is 471. The standard InChI is InChI=1S/C13H16N4S/c1-2-11(12-3-4-14-10-16-12)8-17(6-1)9-13-15-5-7-18-13/h3-5,7,10-11H,1-2,6,8-9H2. The first-order chi connectivity index (χ1) is 8.92. The Morgan fingerprint density at radius 2 is 2.33 bits per heavy atom. The Kier molecular flexibility index (Phi) is 3.61. The topological polar surface area (TPSA) is 41.9 Å². The van der Waals surface area contributed by atoms with E-state index in [0.717, 1.165) is 13.1 Å². The van der Waals surface area contributed by atoms with Gasteiger partial charge in [0, 0.05) is 35.9 Å². The van der Waals surface area contributed by atoms with Crippen LogP contribution in [0, 0.1) is 0 Å². The molecule has 0 radical (unpaired) electrons. The summed E-state index contributed by atoms with van der Waals surface area (Å²) in [6, 6.07) is 2.04. The van der Waals surface area contributed by atoms with Crippen molar-refractivity contribution >= 4 is 11.3 Å². The molecule has 18 heavy (non-hydrogen) atoms. The average molecular weight is 260 g/mol. The van der Waals surface area contributed by atoms with Gasteiger partial charge in [-0.15, -0.1) is 11.3 Å². The lowest BCUT2D eigenvalue weighted by molar-refractivity contribution is 0.198. The van der Waals surface area contributed by atoms with Gasteiger partial charge in [-0.3, -0.25) is 4.90 Å². The van der Waals surface area contributed by atoms with Gasteiger partial charge >= 0.3 is 0 Å². The van der Waals surface area contributed by atoms with Crippen molar-refractivity contribution in [1.29, 1.82) is 0 Å². The van der Waals surface area contributed by atoms with Crippen molar-refractivity contribution in [2.24, 2.45) is 0 Å². The number of aromatic nitrogens is 3. The van der Waals surface area contributed by atoms with Gasteiger partial charge in [-0.1, -0.05) is 0 Å². The normalized spacial score (nSPS) is 21.0. The average Bonchev–Trinajstić information content (AvgIpc) is 2.93. The molecule has 0 aliphatic carbocycles. The van der Waals surface area contributed by atoms with Crippen molar-refractivity contribution in [2.75, 3.05) is 13.1 Å². The van der Waals surface area contributed by atoms with Gasteiger partial charge in [0.2, 0.25) is 0 Å². The summed E-state index contributed by atoms with van der Waals surface area (Å²) in [6.07, 6.45) is 7.83. The molecule has 1 fully saturated rings. The van der Waals surface area contributed by atoms with Crippen LogP contribution >= 0.6 is 11.3 Å². The van der Waals surface area contributed by atoms with E-state index < -0.39 is 0 Å². The van der Waals surface area contributed by atoms with Crippen LogP contribution in [0.25, 0.3) is 0 Å². The monoisotopic (exact) mass is 260 g/mol. The molecule has 1 aliphatic rings. The van der Waals surface area contributed by atoms with E-state index in [9.17, 15) is 0 Å². The molecule has 0 aromatic carbocycles. The van der Waals surface area contributed by atoms with E-state index in [1.807, 2.05) is 23.8 Å². The molecule has 0 amide bonds. The summed E-state index contributed by atoms with van der Waals surface area (Å²) < 4.78 is 0. The summed E-state index contributed by atoms with van der Waals surface area (Å²) in [6.45, 7) is 3.22. The quantitative estimate of drug-likeness (QED) is 0.849. The van der Waals surface area contributed by atoms with Gasteiger partial charge in [-0.05, 0) is 25.5 Å². The summed E-state index contributed by atoms with van der Waals surface area (Å²) in [5, 5.41) is 3.25. The summed E-state index contributed by atoms with van der Waals surface area (Å²) in [4.78, 5) is 15.2. The van der Waals surface area contributed by atoms with E-state index in [2.05, 4.69) is 19.9 Å². The molecular weight excluding hydrogens is 244 g/mol. The highest BCUT2D eigenvalue weighted by Crippen LogP contribution is 2.26. The Balaban J connectivity index is 1.65. The first-order valence-electron chi connectivity index (χ1n) is 6.28. The molecule has 1 aliphatic heterocycles. The number of piperidine rings is 1. The van der Waals surface area contributed by atoms with Gasteiger partial charge in [-0.25, -0.2) is 15.0 Å². The molecule has 2 aromatic heterocycles. The van der Waals surface area contributed by atoms with Gasteiger partial charge in [0.05, 0.1) is 6.54 Å². The fraction of sp³-hybridized carbons (Fsp3) is 0.462. The van der Waals surface area contributed by atoms with Crippen LogP contribution in [0.4, 0.5) is 0 Å². The fourth-order valence-electron chi connectivity index (χ4n) is 2.51. The lowest BCUT2D eigenvalue weighted by atomic mass is 9.94. The second kappa shape index (κ2) is 5.54. The molecule has 1 unspecified atom stereocenters. The second-order valence-corrected chi connectivity index (χ2v) is 5.61. The second-order valence-electron chi connectivity index (χ2n) is 4.63. The largest absolute Gasteiger partial charge is 0.296 e. The van der Waals surface area contributed by atoms with Crippen molar-refractivity contribution in [3.05, 3.63) is 40.9 Å². The molecule has 0 saturated carbocycles. The molecule has 94 valence electrons. The predicted octanol–water partition coefficient (Wildman–Crippen LogP) is 2.31. The zero-order chi connectivity index (χ0) is 12.2. The number of rotatable bonds is 3. The zero-order valence-corrected chi connectivity index (χ0v) is 11.0. The molecular formula is C13H16N4S. The van der Waals surface area contributed by atoms with Crippen LogP contribution in [0.1, 0.15) is 29.5 Å². The SMILES string of the molecule is c1cc(C2CCCN(Cc3nccs3)C2)ncn1. The molecule has 0 spiro atoms. The van der Waals surface area contributed by atoms with E-state index in [-0.39, 0.29) is 0 Å². The molecule has 0 N–H and O–H groups in total. The number of likely N-dealkylation sites (tertiary alicyclic amines) is 1. The minimum absolute atomic E-state index is 0.543. The van der Waals surface area contributed by atoms with Crippen LogP contribution in [0.2, 0.25) is 0 Å². The van der Waals surface area contributed by atoms with Crippen molar-refractivity contribution in [3.8, 4) is 0 Å². The Morgan fingerprint density at radius 3 is 3.11 bits per heavy atom.